The zero-order chi connectivity index (χ0) is 4.41. The van der Waals surface area contributed by atoms with Crippen LogP contribution in [0.2, 0.25) is 0 Å². The Morgan fingerprint density at radius 1 is 1.83 bits per heavy atom. The first-order chi connectivity index (χ1) is 2.93. The quantitative estimate of drug-likeness (QED) is 0.430. The lowest BCUT2D eigenvalue weighted by Crippen LogP contribution is -2.23. The van der Waals surface area contributed by atoms with Gasteiger partial charge in [-0.2, -0.15) is 0 Å². The molecule has 1 saturated heterocycles. The van der Waals surface area contributed by atoms with Gasteiger partial charge in [0.25, 0.3) is 0 Å². The Balaban J connectivity index is 2.16. The number of hydrogen-bond acceptors (Lipinski definition) is 1. The van der Waals surface area contributed by atoms with E-state index in [1.165, 1.54) is 6.42 Å². The van der Waals surface area contributed by atoms with Crippen LogP contribution < -0.4 is 0 Å². The fraction of sp³-hybridized carbons (Fsp3) is 0.600. The molecule has 1 unspecified atom stereocenters. The van der Waals surface area contributed by atoms with Crippen molar-refractivity contribution in [1.82, 2.24) is 0 Å². The van der Waals surface area contributed by atoms with Crippen LogP contribution in [-0.4, -0.2) is 12.7 Å². The van der Waals surface area contributed by atoms with Crippen LogP contribution in [0.4, 0.5) is 0 Å². The lowest BCUT2D eigenvalue weighted by molar-refractivity contribution is -0.0183. The SMILES string of the molecule is C=CC1CCO1. The molecule has 1 heteroatoms. The minimum atomic E-state index is 0.380. The van der Waals surface area contributed by atoms with Crippen LogP contribution in [0.1, 0.15) is 6.42 Å². The standard InChI is InChI=1S/C5H8O/c1-2-5-3-4-6-5/h2,5H,1,3-4H2. The molecule has 0 spiro atoms. The van der Waals surface area contributed by atoms with E-state index in [1.54, 1.807) is 0 Å². The molecule has 1 fully saturated rings. The van der Waals surface area contributed by atoms with Crippen molar-refractivity contribution in [2.45, 2.75) is 12.5 Å². The van der Waals surface area contributed by atoms with Gasteiger partial charge >= 0.3 is 0 Å². The lowest BCUT2D eigenvalue weighted by atomic mass is 10.2. The van der Waals surface area contributed by atoms with E-state index >= 15 is 0 Å². The zero-order valence-electron chi connectivity index (χ0n) is 3.68. The van der Waals surface area contributed by atoms with E-state index in [0.717, 1.165) is 6.61 Å². The van der Waals surface area contributed by atoms with Crippen LogP contribution >= 0.6 is 0 Å². The normalized spacial score (nSPS) is 31.7. The molecule has 34 valence electrons. The van der Waals surface area contributed by atoms with Gasteiger partial charge in [-0.3, -0.25) is 0 Å². The van der Waals surface area contributed by atoms with Crippen LogP contribution in [0.3, 0.4) is 0 Å². The average Bonchev–Trinajstić information content (AvgIpc) is 1.31. The van der Waals surface area contributed by atoms with E-state index in [-0.39, 0.29) is 0 Å². The molecule has 0 aromatic rings. The fourth-order valence-electron chi connectivity index (χ4n) is 0.440. The van der Waals surface area contributed by atoms with Crippen molar-refractivity contribution in [1.29, 1.82) is 0 Å². The van der Waals surface area contributed by atoms with E-state index in [0.29, 0.717) is 6.10 Å². The van der Waals surface area contributed by atoms with E-state index in [9.17, 15) is 0 Å². The van der Waals surface area contributed by atoms with E-state index in [2.05, 4.69) is 6.58 Å². The Bertz CT molecular complexity index is 55.0. The summed E-state index contributed by atoms with van der Waals surface area (Å²) in [6, 6.07) is 0. The highest BCUT2D eigenvalue weighted by Gasteiger charge is 2.11. The van der Waals surface area contributed by atoms with E-state index < -0.39 is 0 Å². The number of rotatable bonds is 1. The molecule has 0 amide bonds. The molecule has 1 atom stereocenters. The van der Waals surface area contributed by atoms with Crippen LogP contribution in [-0.2, 0) is 4.74 Å². The van der Waals surface area contributed by atoms with Gasteiger partial charge in [0.1, 0.15) is 0 Å². The van der Waals surface area contributed by atoms with Gasteiger partial charge < -0.3 is 4.74 Å². The minimum Gasteiger partial charge on any atom is -0.374 e. The topological polar surface area (TPSA) is 9.23 Å². The van der Waals surface area contributed by atoms with Gasteiger partial charge in [-0.05, 0) is 0 Å². The maximum Gasteiger partial charge on any atom is 0.0775 e. The maximum absolute atomic E-state index is 4.96. The van der Waals surface area contributed by atoms with E-state index in [4.69, 9.17) is 4.74 Å². The van der Waals surface area contributed by atoms with Gasteiger partial charge in [-0.25, -0.2) is 0 Å². The summed E-state index contributed by atoms with van der Waals surface area (Å²) < 4.78 is 4.96. The van der Waals surface area contributed by atoms with Gasteiger partial charge in [0.05, 0.1) is 12.7 Å². The zero-order valence-corrected chi connectivity index (χ0v) is 3.68. The summed E-state index contributed by atoms with van der Waals surface area (Å²) in [6.07, 6.45) is 3.39. The molecule has 1 nitrogen and oxygen atoms in total. The van der Waals surface area contributed by atoms with Crippen LogP contribution in [0.15, 0.2) is 12.7 Å². The second-order valence-electron chi connectivity index (χ2n) is 1.43. The fourth-order valence-corrected chi connectivity index (χ4v) is 0.440. The lowest BCUT2D eigenvalue weighted by Gasteiger charge is -2.21. The average molecular weight is 84.1 g/mol. The summed E-state index contributed by atoms with van der Waals surface area (Å²) >= 11 is 0. The molecule has 6 heavy (non-hydrogen) atoms. The third-order valence-electron chi connectivity index (χ3n) is 0.997. The molecule has 0 aliphatic carbocycles. The van der Waals surface area contributed by atoms with Crippen molar-refractivity contribution >= 4 is 0 Å². The first kappa shape index (κ1) is 3.88. The molecule has 1 aliphatic rings. The third kappa shape index (κ3) is 0.455. The molecule has 1 aliphatic heterocycles. The summed E-state index contributed by atoms with van der Waals surface area (Å²) in [5, 5.41) is 0. The largest absolute Gasteiger partial charge is 0.374 e. The first-order valence-electron chi connectivity index (χ1n) is 2.17. The molecule has 0 saturated carbocycles. The summed E-state index contributed by atoms with van der Waals surface area (Å²) in [7, 11) is 0. The molecule has 0 aromatic heterocycles. The van der Waals surface area contributed by atoms with Gasteiger partial charge in [0.2, 0.25) is 0 Å². The second kappa shape index (κ2) is 1.43. The Morgan fingerprint density at radius 2 is 2.50 bits per heavy atom. The smallest absolute Gasteiger partial charge is 0.0775 e. The van der Waals surface area contributed by atoms with Crippen LogP contribution in [0.25, 0.3) is 0 Å². The van der Waals surface area contributed by atoms with Crippen LogP contribution in [0.5, 0.6) is 0 Å². The number of ether oxygens (including phenoxy) is 1. The molecule has 0 bridgehead atoms. The van der Waals surface area contributed by atoms with Crippen molar-refractivity contribution in [3.63, 3.8) is 0 Å². The molecule has 0 aromatic carbocycles. The van der Waals surface area contributed by atoms with Crippen molar-refractivity contribution < 1.29 is 4.74 Å². The van der Waals surface area contributed by atoms with Gasteiger partial charge in [-0.1, -0.05) is 6.08 Å². The van der Waals surface area contributed by atoms with E-state index in [1.807, 2.05) is 6.08 Å². The highest BCUT2D eigenvalue weighted by atomic mass is 16.5. The monoisotopic (exact) mass is 84.1 g/mol. The Kier molecular flexibility index (Phi) is 0.926. The molecule has 0 N–H and O–H groups in total. The van der Waals surface area contributed by atoms with Crippen molar-refractivity contribution in [3.8, 4) is 0 Å². The van der Waals surface area contributed by atoms with Crippen LogP contribution in [0, 0.1) is 0 Å². The Labute approximate surface area is 37.6 Å². The second-order valence-corrected chi connectivity index (χ2v) is 1.43. The van der Waals surface area contributed by atoms with Gasteiger partial charge in [-0.15, -0.1) is 6.58 Å². The van der Waals surface area contributed by atoms with Crippen molar-refractivity contribution in [2.75, 3.05) is 6.61 Å². The summed E-state index contributed by atoms with van der Waals surface area (Å²) in [5.74, 6) is 0. The predicted molar refractivity (Wildman–Crippen MR) is 24.6 cm³/mol. The highest BCUT2D eigenvalue weighted by Crippen LogP contribution is 2.09. The Hall–Kier alpha value is -0.300. The molecular weight excluding hydrogens is 76.1 g/mol. The Morgan fingerprint density at radius 3 is 2.50 bits per heavy atom. The molecule has 0 radical (unpaired) electrons. The molecule has 1 heterocycles. The molecule has 1 rings (SSSR count). The van der Waals surface area contributed by atoms with Gasteiger partial charge in [0, 0.05) is 6.42 Å². The number of hydrogen-bond donors (Lipinski definition) is 0. The minimum absolute atomic E-state index is 0.380. The van der Waals surface area contributed by atoms with Crippen molar-refractivity contribution in [2.24, 2.45) is 0 Å². The summed E-state index contributed by atoms with van der Waals surface area (Å²) in [4.78, 5) is 0. The van der Waals surface area contributed by atoms with Gasteiger partial charge in [0.15, 0.2) is 0 Å². The third-order valence-corrected chi connectivity index (χ3v) is 0.997. The summed E-state index contributed by atoms with van der Waals surface area (Å²) in [5.41, 5.74) is 0. The maximum atomic E-state index is 4.96. The van der Waals surface area contributed by atoms with Crippen molar-refractivity contribution in [3.05, 3.63) is 12.7 Å². The summed E-state index contributed by atoms with van der Waals surface area (Å²) in [6.45, 7) is 4.48. The highest BCUT2D eigenvalue weighted by molar-refractivity contribution is 4.84. The molecular formula is C5H8O. The predicted octanol–water partition coefficient (Wildman–Crippen LogP) is 0.961. The first-order valence-corrected chi connectivity index (χ1v) is 2.17.